The van der Waals surface area contributed by atoms with Gasteiger partial charge in [-0.1, -0.05) is 48.0 Å². The van der Waals surface area contributed by atoms with Crippen molar-refractivity contribution in [2.24, 2.45) is 0 Å². The van der Waals surface area contributed by atoms with E-state index in [0.29, 0.717) is 5.69 Å². The van der Waals surface area contributed by atoms with Crippen LogP contribution in [0.3, 0.4) is 0 Å². The van der Waals surface area contributed by atoms with Crippen molar-refractivity contribution in [3.63, 3.8) is 0 Å². The highest BCUT2D eigenvalue weighted by Crippen LogP contribution is 2.08. The summed E-state index contributed by atoms with van der Waals surface area (Å²) >= 11 is 0. The molecule has 0 aliphatic heterocycles. The van der Waals surface area contributed by atoms with E-state index in [9.17, 15) is 14.4 Å². The molecule has 0 aromatic heterocycles. The molecule has 2 rings (SSSR count). The third-order valence-electron chi connectivity index (χ3n) is 4.01. The Morgan fingerprint density at radius 3 is 2.26 bits per heavy atom. The van der Waals surface area contributed by atoms with Gasteiger partial charge in [0.05, 0.1) is 13.0 Å². The number of benzene rings is 2. The molecule has 3 amide bonds. The lowest BCUT2D eigenvalue weighted by Crippen LogP contribution is -2.37. The third-order valence-corrected chi connectivity index (χ3v) is 4.01. The summed E-state index contributed by atoms with van der Waals surface area (Å²) in [7, 11) is 1.57. The zero-order valence-electron chi connectivity index (χ0n) is 15.7. The van der Waals surface area contributed by atoms with Crippen LogP contribution in [0.25, 0.3) is 0 Å². The molecule has 0 radical (unpaired) electrons. The zero-order valence-corrected chi connectivity index (χ0v) is 15.7. The van der Waals surface area contributed by atoms with Gasteiger partial charge in [0, 0.05) is 25.7 Å². The van der Waals surface area contributed by atoms with Gasteiger partial charge in [-0.2, -0.15) is 0 Å². The number of nitrogens with zero attached hydrogens (tertiary/aromatic N) is 1. The standard InChI is InChI=1S/C21H25N3O3/c1-16-8-10-18(11-9-16)23-20(26)15-24(2)21(27)12-13-22-19(25)14-17-6-4-3-5-7-17/h3-11H,12-15H2,1-2H3,(H,22,25)(H,23,26). The number of hydrogen-bond donors (Lipinski definition) is 2. The minimum atomic E-state index is -0.261. The van der Waals surface area contributed by atoms with Crippen LogP contribution in [0, 0.1) is 6.92 Å². The molecule has 2 N–H and O–H groups in total. The second-order valence-electron chi connectivity index (χ2n) is 6.43. The lowest BCUT2D eigenvalue weighted by molar-refractivity contribution is -0.133. The molecule has 0 bridgehead atoms. The largest absolute Gasteiger partial charge is 0.355 e. The van der Waals surface area contributed by atoms with Crippen molar-refractivity contribution in [3.05, 3.63) is 65.7 Å². The maximum Gasteiger partial charge on any atom is 0.243 e. The molecular weight excluding hydrogens is 342 g/mol. The maximum absolute atomic E-state index is 12.1. The fraction of sp³-hybridized carbons (Fsp3) is 0.286. The Labute approximate surface area is 159 Å². The lowest BCUT2D eigenvalue weighted by Gasteiger charge is -2.17. The van der Waals surface area contributed by atoms with Crippen LogP contribution in [0.1, 0.15) is 17.5 Å². The highest BCUT2D eigenvalue weighted by molar-refractivity contribution is 5.94. The van der Waals surface area contributed by atoms with Crippen LogP contribution < -0.4 is 10.6 Å². The average Bonchev–Trinajstić information content (AvgIpc) is 2.64. The van der Waals surface area contributed by atoms with Gasteiger partial charge in [0.1, 0.15) is 0 Å². The van der Waals surface area contributed by atoms with Gasteiger partial charge in [0.25, 0.3) is 0 Å². The van der Waals surface area contributed by atoms with E-state index in [1.54, 1.807) is 7.05 Å². The summed E-state index contributed by atoms with van der Waals surface area (Å²) < 4.78 is 0. The molecule has 2 aromatic rings. The second kappa shape index (κ2) is 10.1. The van der Waals surface area contributed by atoms with Crippen LogP contribution >= 0.6 is 0 Å². The van der Waals surface area contributed by atoms with Crippen LogP contribution in [0.15, 0.2) is 54.6 Å². The number of anilines is 1. The molecule has 0 spiro atoms. The smallest absolute Gasteiger partial charge is 0.243 e. The molecule has 0 aliphatic carbocycles. The SMILES string of the molecule is Cc1ccc(NC(=O)CN(C)C(=O)CCNC(=O)Cc2ccccc2)cc1. The monoisotopic (exact) mass is 367 g/mol. The molecule has 27 heavy (non-hydrogen) atoms. The summed E-state index contributed by atoms with van der Waals surface area (Å²) in [6.07, 6.45) is 0.429. The number of likely N-dealkylation sites (N-methyl/N-ethyl adjacent to an activating group) is 1. The van der Waals surface area contributed by atoms with Crippen molar-refractivity contribution in [2.45, 2.75) is 19.8 Å². The Hall–Kier alpha value is -3.15. The molecule has 2 aromatic carbocycles. The Bertz CT molecular complexity index is 773. The topological polar surface area (TPSA) is 78.5 Å². The number of aryl methyl sites for hydroxylation is 1. The second-order valence-corrected chi connectivity index (χ2v) is 6.43. The van der Waals surface area contributed by atoms with E-state index in [2.05, 4.69) is 10.6 Å². The molecule has 6 nitrogen and oxygen atoms in total. The number of amides is 3. The van der Waals surface area contributed by atoms with Crippen LogP contribution in [-0.2, 0) is 20.8 Å². The number of carbonyl (C=O) groups is 3. The number of carbonyl (C=O) groups excluding carboxylic acids is 3. The van der Waals surface area contributed by atoms with E-state index >= 15 is 0 Å². The minimum Gasteiger partial charge on any atom is -0.355 e. The van der Waals surface area contributed by atoms with Crippen molar-refractivity contribution in [3.8, 4) is 0 Å². The fourth-order valence-corrected chi connectivity index (χ4v) is 2.48. The van der Waals surface area contributed by atoms with Crippen LogP contribution in [-0.4, -0.2) is 42.8 Å². The molecule has 0 heterocycles. The van der Waals surface area contributed by atoms with Crippen molar-refractivity contribution < 1.29 is 14.4 Å². The van der Waals surface area contributed by atoms with Crippen LogP contribution in [0.4, 0.5) is 5.69 Å². The average molecular weight is 367 g/mol. The summed E-state index contributed by atoms with van der Waals surface area (Å²) in [4.78, 5) is 37.4. The summed E-state index contributed by atoms with van der Waals surface area (Å²) in [6.45, 7) is 2.18. The molecule has 0 saturated carbocycles. The molecule has 142 valence electrons. The van der Waals surface area contributed by atoms with Gasteiger partial charge in [-0.05, 0) is 24.6 Å². The molecule has 6 heteroatoms. The van der Waals surface area contributed by atoms with Gasteiger partial charge in [-0.25, -0.2) is 0 Å². The molecular formula is C21H25N3O3. The Kier molecular flexibility index (Phi) is 7.55. The first-order valence-electron chi connectivity index (χ1n) is 8.85. The molecule has 0 atom stereocenters. The molecule has 0 saturated heterocycles. The molecule has 0 unspecified atom stereocenters. The molecule has 0 fully saturated rings. The van der Waals surface area contributed by atoms with E-state index in [1.165, 1.54) is 4.90 Å². The fourth-order valence-electron chi connectivity index (χ4n) is 2.48. The van der Waals surface area contributed by atoms with Crippen LogP contribution in [0.2, 0.25) is 0 Å². The minimum absolute atomic E-state index is 0.0370. The highest BCUT2D eigenvalue weighted by atomic mass is 16.2. The van der Waals surface area contributed by atoms with E-state index < -0.39 is 0 Å². The Balaban J connectivity index is 1.68. The van der Waals surface area contributed by atoms with E-state index in [0.717, 1.165) is 11.1 Å². The predicted octanol–water partition coefficient (Wildman–Crippen LogP) is 2.14. The maximum atomic E-state index is 12.1. The summed E-state index contributed by atoms with van der Waals surface area (Å²) in [5, 5.41) is 5.48. The predicted molar refractivity (Wildman–Crippen MR) is 105 cm³/mol. The quantitative estimate of drug-likeness (QED) is 0.750. The number of nitrogens with one attached hydrogen (secondary N) is 2. The third kappa shape index (κ3) is 7.32. The van der Waals surface area contributed by atoms with Gasteiger partial charge in [-0.15, -0.1) is 0 Å². The zero-order chi connectivity index (χ0) is 19.6. The number of hydrogen-bond acceptors (Lipinski definition) is 3. The molecule has 0 aliphatic rings. The van der Waals surface area contributed by atoms with E-state index in [1.807, 2.05) is 61.5 Å². The van der Waals surface area contributed by atoms with Gasteiger partial charge < -0.3 is 15.5 Å². The van der Waals surface area contributed by atoms with Gasteiger partial charge in [0.15, 0.2) is 0 Å². The first-order valence-corrected chi connectivity index (χ1v) is 8.85. The Morgan fingerprint density at radius 2 is 1.59 bits per heavy atom. The lowest BCUT2D eigenvalue weighted by atomic mass is 10.1. The number of rotatable bonds is 8. The first kappa shape index (κ1) is 20.2. The summed E-state index contributed by atoms with van der Waals surface area (Å²) in [5.41, 5.74) is 2.72. The van der Waals surface area contributed by atoms with Crippen molar-refractivity contribution in [2.75, 3.05) is 25.5 Å². The van der Waals surface area contributed by atoms with Crippen LogP contribution in [0.5, 0.6) is 0 Å². The van der Waals surface area contributed by atoms with E-state index in [4.69, 9.17) is 0 Å². The van der Waals surface area contributed by atoms with Crippen molar-refractivity contribution in [1.82, 2.24) is 10.2 Å². The normalized spacial score (nSPS) is 10.1. The van der Waals surface area contributed by atoms with Gasteiger partial charge in [0.2, 0.25) is 17.7 Å². The van der Waals surface area contributed by atoms with Gasteiger partial charge in [-0.3, -0.25) is 14.4 Å². The van der Waals surface area contributed by atoms with Crippen molar-refractivity contribution in [1.29, 1.82) is 0 Å². The highest BCUT2D eigenvalue weighted by Gasteiger charge is 2.13. The Morgan fingerprint density at radius 1 is 0.926 bits per heavy atom. The summed E-state index contributed by atoms with van der Waals surface area (Å²) in [5.74, 6) is -0.592. The van der Waals surface area contributed by atoms with Gasteiger partial charge >= 0.3 is 0 Å². The van der Waals surface area contributed by atoms with Crippen molar-refractivity contribution >= 4 is 23.4 Å². The van der Waals surface area contributed by atoms with E-state index in [-0.39, 0.29) is 43.7 Å². The summed E-state index contributed by atoms with van der Waals surface area (Å²) in [6, 6.07) is 16.9. The first-order chi connectivity index (χ1) is 12.9.